The van der Waals surface area contributed by atoms with Crippen LogP contribution in [-0.4, -0.2) is 54.2 Å². The van der Waals surface area contributed by atoms with E-state index >= 15 is 0 Å². The topological polar surface area (TPSA) is 98.4 Å². The summed E-state index contributed by atoms with van der Waals surface area (Å²) in [7, 11) is 0. The summed E-state index contributed by atoms with van der Waals surface area (Å²) >= 11 is 0. The van der Waals surface area contributed by atoms with Gasteiger partial charge in [-0.25, -0.2) is 9.59 Å². The largest absolute Gasteiger partial charge is 0.337 e. The van der Waals surface area contributed by atoms with E-state index in [1.807, 2.05) is 68.4 Å². The fraction of sp³-hybridized carbons (Fsp3) is 0.370. The number of amides is 4. The van der Waals surface area contributed by atoms with Gasteiger partial charge in [0.1, 0.15) is 0 Å². The van der Waals surface area contributed by atoms with E-state index in [4.69, 9.17) is 0 Å². The molecule has 0 atom stereocenters. The van der Waals surface area contributed by atoms with Crippen LogP contribution < -0.4 is 21.3 Å². The van der Waals surface area contributed by atoms with Gasteiger partial charge in [0, 0.05) is 49.8 Å². The zero-order valence-corrected chi connectivity index (χ0v) is 20.4. The van der Waals surface area contributed by atoms with Gasteiger partial charge in [-0.05, 0) is 49.9 Å². The third kappa shape index (κ3) is 6.93. The van der Waals surface area contributed by atoms with Crippen LogP contribution in [0.3, 0.4) is 0 Å². The van der Waals surface area contributed by atoms with E-state index in [2.05, 4.69) is 31.2 Å². The molecular weight excluding hydrogens is 440 g/mol. The van der Waals surface area contributed by atoms with E-state index in [-0.39, 0.29) is 18.1 Å². The minimum absolute atomic E-state index is 0.121. The Bertz CT molecular complexity index is 1170. The number of hydrogen-bond acceptors (Lipinski definition) is 4. The van der Waals surface area contributed by atoms with Crippen LogP contribution in [0.1, 0.15) is 29.7 Å². The summed E-state index contributed by atoms with van der Waals surface area (Å²) in [5.74, 6) is 0. The van der Waals surface area contributed by atoms with Crippen molar-refractivity contribution in [3.05, 3.63) is 71.4 Å². The van der Waals surface area contributed by atoms with E-state index in [0.29, 0.717) is 13.1 Å². The van der Waals surface area contributed by atoms with Crippen LogP contribution in [0.25, 0.3) is 10.9 Å². The number of piperidine rings is 1. The van der Waals surface area contributed by atoms with Crippen LogP contribution in [0.4, 0.5) is 15.3 Å². The number of pyridine rings is 1. The van der Waals surface area contributed by atoms with Gasteiger partial charge in [0.2, 0.25) is 0 Å². The Morgan fingerprint density at radius 3 is 2.51 bits per heavy atom. The van der Waals surface area contributed by atoms with Crippen LogP contribution in [0.2, 0.25) is 0 Å². The number of urea groups is 2. The summed E-state index contributed by atoms with van der Waals surface area (Å²) in [5, 5.41) is 12.9. The second-order valence-electron chi connectivity index (χ2n) is 9.08. The first-order valence-electron chi connectivity index (χ1n) is 12.2. The fourth-order valence-corrected chi connectivity index (χ4v) is 4.43. The van der Waals surface area contributed by atoms with Gasteiger partial charge in [0.05, 0.1) is 11.2 Å². The number of benzene rings is 2. The number of anilines is 1. The predicted octanol–water partition coefficient (Wildman–Crippen LogP) is 3.94. The summed E-state index contributed by atoms with van der Waals surface area (Å²) in [6, 6.07) is 17.6. The third-order valence-electron chi connectivity index (χ3n) is 6.43. The number of nitrogens with zero attached hydrogens (tertiary/aromatic N) is 2. The monoisotopic (exact) mass is 474 g/mol. The lowest BCUT2D eigenvalue weighted by Gasteiger charge is -2.32. The number of likely N-dealkylation sites (tertiary alicyclic amines) is 1. The van der Waals surface area contributed by atoms with Gasteiger partial charge in [0.25, 0.3) is 0 Å². The smallest absolute Gasteiger partial charge is 0.319 e. The second-order valence-corrected chi connectivity index (χ2v) is 9.08. The molecule has 0 bridgehead atoms. The molecule has 1 saturated heterocycles. The summed E-state index contributed by atoms with van der Waals surface area (Å²) in [6.45, 7) is 7.60. The van der Waals surface area contributed by atoms with Crippen LogP contribution in [0.15, 0.2) is 54.6 Å². The maximum absolute atomic E-state index is 12.5. The molecule has 0 spiro atoms. The number of aromatic nitrogens is 1. The molecule has 2 aromatic carbocycles. The highest BCUT2D eigenvalue weighted by molar-refractivity contribution is 6.00. The van der Waals surface area contributed by atoms with Crippen molar-refractivity contribution in [2.24, 2.45) is 0 Å². The zero-order chi connectivity index (χ0) is 24.6. The van der Waals surface area contributed by atoms with Crippen molar-refractivity contribution in [2.45, 2.75) is 39.3 Å². The molecule has 0 aliphatic carbocycles. The number of carbonyl (C=O) groups is 2. The highest BCUT2D eigenvalue weighted by atomic mass is 16.2. The Morgan fingerprint density at radius 1 is 0.971 bits per heavy atom. The molecule has 1 aromatic heterocycles. The highest BCUT2D eigenvalue weighted by Crippen LogP contribution is 2.22. The Labute approximate surface area is 206 Å². The number of para-hydroxylation sites is 1. The molecular formula is C27H34N6O2. The van der Waals surface area contributed by atoms with E-state index in [1.54, 1.807) is 0 Å². The van der Waals surface area contributed by atoms with Crippen molar-refractivity contribution in [3.8, 4) is 0 Å². The summed E-state index contributed by atoms with van der Waals surface area (Å²) < 4.78 is 0. The molecule has 35 heavy (non-hydrogen) atoms. The predicted molar refractivity (Wildman–Crippen MR) is 140 cm³/mol. The average molecular weight is 475 g/mol. The van der Waals surface area contributed by atoms with Gasteiger partial charge in [-0.3, -0.25) is 4.98 Å². The molecule has 0 saturated carbocycles. The average Bonchev–Trinajstić information content (AvgIpc) is 2.84. The van der Waals surface area contributed by atoms with Gasteiger partial charge >= 0.3 is 12.1 Å². The first kappa shape index (κ1) is 24.5. The highest BCUT2D eigenvalue weighted by Gasteiger charge is 2.20. The molecule has 2 heterocycles. The number of rotatable bonds is 7. The summed E-state index contributed by atoms with van der Waals surface area (Å²) in [4.78, 5) is 31.6. The maximum atomic E-state index is 12.5. The SMILES string of the molecule is Cc1cc(NC(=O)NCCN2CCC(NC(=O)NCc3ccccc3C)CC2)c2ccccc2n1. The van der Waals surface area contributed by atoms with Crippen LogP contribution in [0, 0.1) is 13.8 Å². The Balaban J connectivity index is 1.14. The van der Waals surface area contributed by atoms with E-state index in [9.17, 15) is 9.59 Å². The number of nitrogens with one attached hydrogen (secondary N) is 4. The lowest BCUT2D eigenvalue weighted by atomic mass is 10.1. The molecule has 1 fully saturated rings. The van der Waals surface area contributed by atoms with Gasteiger partial charge in [-0.2, -0.15) is 0 Å². The van der Waals surface area contributed by atoms with Crippen molar-refractivity contribution < 1.29 is 9.59 Å². The fourth-order valence-electron chi connectivity index (χ4n) is 4.43. The Morgan fingerprint density at radius 2 is 1.71 bits per heavy atom. The van der Waals surface area contributed by atoms with Crippen molar-refractivity contribution in [2.75, 3.05) is 31.5 Å². The van der Waals surface area contributed by atoms with E-state index in [1.165, 1.54) is 5.56 Å². The Hall–Kier alpha value is -3.65. The molecule has 8 heteroatoms. The minimum Gasteiger partial charge on any atom is -0.337 e. The molecule has 8 nitrogen and oxygen atoms in total. The molecule has 1 aliphatic heterocycles. The first-order valence-corrected chi connectivity index (χ1v) is 12.2. The molecule has 4 N–H and O–H groups in total. The second kappa shape index (κ2) is 11.7. The van der Waals surface area contributed by atoms with Crippen LogP contribution in [-0.2, 0) is 6.54 Å². The maximum Gasteiger partial charge on any atom is 0.319 e. The molecule has 3 aromatic rings. The number of fused-ring (bicyclic) bond motifs is 1. The van der Waals surface area contributed by atoms with Crippen LogP contribution >= 0.6 is 0 Å². The van der Waals surface area contributed by atoms with Gasteiger partial charge < -0.3 is 26.2 Å². The molecule has 1 aliphatic rings. The quantitative estimate of drug-likeness (QED) is 0.417. The molecule has 0 unspecified atom stereocenters. The molecule has 0 radical (unpaired) electrons. The van der Waals surface area contributed by atoms with E-state index in [0.717, 1.165) is 60.3 Å². The standard InChI is InChI=1S/C27H34N6O2/c1-19-7-3-4-8-21(19)18-29-27(35)31-22-11-14-33(15-12-22)16-13-28-26(34)32-25-17-20(2)30-24-10-6-5-9-23(24)25/h3-10,17,22H,11-16,18H2,1-2H3,(H2,29,31,35)(H2,28,30,32,34). The zero-order valence-electron chi connectivity index (χ0n) is 20.4. The first-order chi connectivity index (χ1) is 17.0. The molecule has 4 rings (SSSR count). The number of aryl methyl sites for hydroxylation is 2. The van der Waals surface area contributed by atoms with Crippen LogP contribution in [0.5, 0.6) is 0 Å². The van der Waals surface area contributed by atoms with Crippen molar-refractivity contribution in [1.82, 2.24) is 25.8 Å². The minimum atomic E-state index is -0.220. The number of hydrogen-bond donors (Lipinski definition) is 4. The molecule has 184 valence electrons. The van der Waals surface area contributed by atoms with Gasteiger partial charge in [-0.15, -0.1) is 0 Å². The van der Waals surface area contributed by atoms with Gasteiger partial charge in [-0.1, -0.05) is 42.5 Å². The number of carbonyl (C=O) groups excluding carboxylic acids is 2. The van der Waals surface area contributed by atoms with Crippen molar-refractivity contribution in [1.29, 1.82) is 0 Å². The summed E-state index contributed by atoms with van der Waals surface area (Å²) in [6.07, 6.45) is 1.79. The van der Waals surface area contributed by atoms with Crippen molar-refractivity contribution >= 4 is 28.7 Å². The van der Waals surface area contributed by atoms with Gasteiger partial charge in [0.15, 0.2) is 0 Å². The lowest BCUT2D eigenvalue weighted by Crippen LogP contribution is -2.49. The van der Waals surface area contributed by atoms with E-state index < -0.39 is 0 Å². The summed E-state index contributed by atoms with van der Waals surface area (Å²) in [5.41, 5.74) is 4.79. The third-order valence-corrected chi connectivity index (χ3v) is 6.43. The van der Waals surface area contributed by atoms with Crippen molar-refractivity contribution in [3.63, 3.8) is 0 Å². The Kier molecular flexibility index (Phi) is 8.15. The lowest BCUT2D eigenvalue weighted by molar-refractivity contribution is 0.192. The molecule has 4 amide bonds. The normalized spacial score (nSPS) is 14.5.